The van der Waals surface area contributed by atoms with Crippen LogP contribution in [0.15, 0.2) is 18.0 Å². The largest absolute Gasteiger partial charge is 0.477 e. The number of carboxylic acids is 1. The smallest absolute Gasteiger partial charge is 0.346 e. The summed E-state index contributed by atoms with van der Waals surface area (Å²) >= 11 is 1.18. The zero-order valence-corrected chi connectivity index (χ0v) is 11.8. The summed E-state index contributed by atoms with van der Waals surface area (Å²) in [6.07, 6.45) is 3.50. The van der Waals surface area contributed by atoms with Crippen molar-refractivity contribution in [1.82, 2.24) is 9.97 Å². The molecule has 0 atom stereocenters. The number of aromatic carboxylic acids is 1. The first-order valence-corrected chi connectivity index (χ1v) is 6.67. The van der Waals surface area contributed by atoms with Crippen molar-refractivity contribution in [2.45, 2.75) is 20.8 Å². The summed E-state index contributed by atoms with van der Waals surface area (Å²) in [6.45, 7) is 6.50. The van der Waals surface area contributed by atoms with Crippen LogP contribution in [0.4, 0.5) is 5.82 Å². The third-order valence-electron chi connectivity index (χ3n) is 2.70. The summed E-state index contributed by atoms with van der Waals surface area (Å²) in [5.41, 5.74) is 1.93. The average Bonchev–Trinajstić information content (AvgIpc) is 2.67. The lowest BCUT2D eigenvalue weighted by molar-refractivity contribution is 0.0701. The number of aryl methyl sites for hydroxylation is 1. The van der Waals surface area contributed by atoms with Crippen LogP contribution in [0.5, 0.6) is 0 Å². The highest BCUT2D eigenvalue weighted by Crippen LogP contribution is 2.32. The molecule has 0 unspecified atom stereocenters. The van der Waals surface area contributed by atoms with E-state index in [1.54, 1.807) is 6.92 Å². The van der Waals surface area contributed by atoms with Crippen molar-refractivity contribution in [3.63, 3.8) is 0 Å². The van der Waals surface area contributed by atoms with Crippen molar-refractivity contribution in [2.75, 3.05) is 11.9 Å². The lowest BCUT2D eigenvalue weighted by Crippen LogP contribution is -2.02. The molecule has 0 aliphatic rings. The number of thiophene rings is 1. The number of nitrogens with one attached hydrogen (secondary N) is 1. The highest BCUT2D eigenvalue weighted by Gasteiger charge is 2.18. The molecule has 6 heteroatoms. The van der Waals surface area contributed by atoms with E-state index in [1.165, 1.54) is 23.2 Å². The van der Waals surface area contributed by atoms with Gasteiger partial charge in [0.2, 0.25) is 0 Å². The molecule has 2 aromatic rings. The van der Waals surface area contributed by atoms with Crippen molar-refractivity contribution in [3.05, 3.63) is 28.4 Å². The van der Waals surface area contributed by atoms with Gasteiger partial charge in [-0.25, -0.2) is 14.8 Å². The minimum atomic E-state index is -0.921. The topological polar surface area (TPSA) is 75.1 Å². The monoisotopic (exact) mass is 277 g/mol. The molecule has 0 amide bonds. The fourth-order valence-corrected chi connectivity index (χ4v) is 2.75. The van der Waals surface area contributed by atoms with Crippen LogP contribution in [0.2, 0.25) is 0 Å². The standard InChI is InChI=1S/C13H15N3O2S/c1-7(2)4-5-14-11-9-8(3)10(13(17)18)19-12(9)16-6-15-11/h4,6H,5H2,1-3H3,(H,17,18)(H,14,15,16). The minimum absolute atomic E-state index is 0.320. The van der Waals surface area contributed by atoms with Gasteiger partial charge in [-0.1, -0.05) is 11.6 Å². The Morgan fingerprint density at radius 3 is 2.84 bits per heavy atom. The van der Waals surface area contributed by atoms with Gasteiger partial charge in [0.25, 0.3) is 0 Å². The normalized spacial score (nSPS) is 10.5. The van der Waals surface area contributed by atoms with Gasteiger partial charge in [-0.05, 0) is 26.3 Å². The maximum absolute atomic E-state index is 11.1. The Bertz CT molecular complexity index is 657. The molecule has 2 N–H and O–H groups in total. The number of hydrogen-bond donors (Lipinski definition) is 2. The van der Waals surface area contributed by atoms with Crippen LogP contribution in [-0.4, -0.2) is 27.6 Å². The maximum Gasteiger partial charge on any atom is 0.346 e. The van der Waals surface area contributed by atoms with Gasteiger partial charge in [-0.3, -0.25) is 0 Å². The van der Waals surface area contributed by atoms with Gasteiger partial charge in [0.05, 0.1) is 5.39 Å². The number of carboxylic acid groups (broad SMARTS) is 1. The number of aromatic nitrogens is 2. The average molecular weight is 277 g/mol. The fraction of sp³-hybridized carbons (Fsp3) is 0.308. The van der Waals surface area contributed by atoms with E-state index in [4.69, 9.17) is 5.11 Å². The number of rotatable bonds is 4. The molecule has 2 aromatic heterocycles. The number of hydrogen-bond acceptors (Lipinski definition) is 5. The molecular weight excluding hydrogens is 262 g/mol. The summed E-state index contributed by atoms with van der Waals surface area (Å²) in [5, 5.41) is 13.1. The molecule has 100 valence electrons. The maximum atomic E-state index is 11.1. The van der Waals surface area contributed by atoms with Gasteiger partial charge in [-0.15, -0.1) is 11.3 Å². The molecule has 0 aliphatic heterocycles. The SMILES string of the molecule is CC(C)=CCNc1ncnc2sc(C(=O)O)c(C)c12. The second-order valence-corrected chi connectivity index (χ2v) is 5.43. The molecule has 0 saturated heterocycles. The second kappa shape index (κ2) is 5.36. The Morgan fingerprint density at radius 2 is 2.21 bits per heavy atom. The van der Waals surface area contributed by atoms with Gasteiger partial charge >= 0.3 is 5.97 Å². The molecular formula is C13H15N3O2S. The Kier molecular flexibility index (Phi) is 3.80. The van der Waals surface area contributed by atoms with Crippen LogP contribution in [0.1, 0.15) is 29.1 Å². The zero-order valence-electron chi connectivity index (χ0n) is 11.0. The van der Waals surface area contributed by atoms with Crippen molar-refractivity contribution >= 4 is 33.3 Å². The van der Waals surface area contributed by atoms with Gasteiger partial charge < -0.3 is 10.4 Å². The van der Waals surface area contributed by atoms with E-state index < -0.39 is 5.97 Å². The van der Waals surface area contributed by atoms with E-state index in [9.17, 15) is 4.79 Å². The van der Waals surface area contributed by atoms with E-state index in [0.717, 1.165) is 5.39 Å². The summed E-state index contributed by atoms with van der Waals surface area (Å²) in [7, 11) is 0. The first-order valence-electron chi connectivity index (χ1n) is 5.85. The quantitative estimate of drug-likeness (QED) is 0.840. The molecule has 5 nitrogen and oxygen atoms in total. The van der Waals surface area contributed by atoms with Crippen molar-refractivity contribution in [2.24, 2.45) is 0 Å². The van der Waals surface area contributed by atoms with Crippen molar-refractivity contribution < 1.29 is 9.90 Å². The predicted molar refractivity (Wildman–Crippen MR) is 77.0 cm³/mol. The highest BCUT2D eigenvalue weighted by atomic mass is 32.1. The number of anilines is 1. The summed E-state index contributed by atoms with van der Waals surface area (Å²) in [4.78, 5) is 20.5. The molecule has 0 saturated carbocycles. The zero-order chi connectivity index (χ0) is 14.0. The van der Waals surface area contributed by atoms with Crippen LogP contribution >= 0.6 is 11.3 Å². The third-order valence-corrected chi connectivity index (χ3v) is 3.89. The van der Waals surface area contributed by atoms with Gasteiger partial charge in [0, 0.05) is 6.54 Å². The van der Waals surface area contributed by atoms with E-state index in [-0.39, 0.29) is 0 Å². The number of nitrogens with zero attached hydrogens (tertiary/aromatic N) is 2. The molecule has 0 radical (unpaired) electrons. The summed E-state index contributed by atoms with van der Waals surface area (Å²) in [6, 6.07) is 0. The molecule has 0 bridgehead atoms. The molecule has 2 rings (SSSR count). The second-order valence-electron chi connectivity index (χ2n) is 4.43. The Morgan fingerprint density at radius 1 is 1.47 bits per heavy atom. The Balaban J connectivity index is 2.44. The highest BCUT2D eigenvalue weighted by molar-refractivity contribution is 7.20. The van der Waals surface area contributed by atoms with Gasteiger partial charge in [0.15, 0.2) is 0 Å². The van der Waals surface area contributed by atoms with Gasteiger partial charge in [0.1, 0.15) is 21.9 Å². The lowest BCUT2D eigenvalue weighted by Gasteiger charge is -2.04. The van der Waals surface area contributed by atoms with Gasteiger partial charge in [-0.2, -0.15) is 0 Å². The van der Waals surface area contributed by atoms with E-state index >= 15 is 0 Å². The lowest BCUT2D eigenvalue weighted by atomic mass is 10.2. The predicted octanol–water partition coefficient (Wildman–Crippen LogP) is 3.08. The van der Waals surface area contributed by atoms with E-state index in [1.807, 2.05) is 19.9 Å². The fourth-order valence-electron chi connectivity index (χ4n) is 1.76. The summed E-state index contributed by atoms with van der Waals surface area (Å²) < 4.78 is 0. The van der Waals surface area contributed by atoms with Crippen LogP contribution in [-0.2, 0) is 0 Å². The molecule has 0 aliphatic carbocycles. The Hall–Kier alpha value is -1.95. The molecule has 0 spiro atoms. The van der Waals surface area contributed by atoms with E-state index in [2.05, 4.69) is 15.3 Å². The Labute approximate surface area is 115 Å². The van der Waals surface area contributed by atoms with Crippen LogP contribution in [0, 0.1) is 6.92 Å². The number of carbonyl (C=O) groups is 1. The molecule has 19 heavy (non-hydrogen) atoms. The minimum Gasteiger partial charge on any atom is -0.477 e. The van der Waals surface area contributed by atoms with Crippen molar-refractivity contribution in [1.29, 1.82) is 0 Å². The van der Waals surface area contributed by atoms with Crippen LogP contribution < -0.4 is 5.32 Å². The molecule has 0 fully saturated rings. The first kappa shape index (κ1) is 13.5. The van der Waals surface area contributed by atoms with E-state index in [0.29, 0.717) is 27.6 Å². The summed E-state index contributed by atoms with van der Waals surface area (Å²) in [5.74, 6) is -0.237. The first-order chi connectivity index (χ1) is 9.00. The molecule has 0 aromatic carbocycles. The third kappa shape index (κ3) is 2.73. The number of allylic oxidation sites excluding steroid dienone is 1. The number of fused-ring (bicyclic) bond motifs is 1. The molecule has 2 heterocycles. The van der Waals surface area contributed by atoms with Crippen LogP contribution in [0.25, 0.3) is 10.2 Å². The van der Waals surface area contributed by atoms with Crippen LogP contribution in [0.3, 0.4) is 0 Å². The van der Waals surface area contributed by atoms with Crippen molar-refractivity contribution in [3.8, 4) is 0 Å².